The number of halogens is 2. The van der Waals surface area contributed by atoms with Crippen molar-refractivity contribution >= 4 is 23.3 Å². The van der Waals surface area contributed by atoms with Crippen LogP contribution in [0.5, 0.6) is 0 Å². The summed E-state index contributed by atoms with van der Waals surface area (Å²) in [5, 5.41) is 6.57. The van der Waals surface area contributed by atoms with Gasteiger partial charge in [-0.25, -0.2) is 9.18 Å². The van der Waals surface area contributed by atoms with Gasteiger partial charge in [0.05, 0.1) is 11.1 Å². The van der Waals surface area contributed by atoms with Crippen LogP contribution in [0.3, 0.4) is 0 Å². The number of hydrogen-bond acceptors (Lipinski definition) is 2. The number of hydrogen-bond donors (Lipinski definition) is 2. The number of carbonyl (C=O) groups excluding carboxylic acids is 1. The lowest BCUT2D eigenvalue weighted by molar-refractivity contribution is 0.0742. The van der Waals surface area contributed by atoms with Crippen molar-refractivity contribution in [3.8, 4) is 0 Å². The highest BCUT2D eigenvalue weighted by atomic mass is 35.5. The molecule has 4 nitrogen and oxygen atoms in total. The van der Waals surface area contributed by atoms with Crippen molar-refractivity contribution in [3.63, 3.8) is 0 Å². The molecule has 1 aliphatic carbocycles. The lowest BCUT2D eigenvalue weighted by Gasteiger charge is -2.49. The number of benzene rings is 2. The summed E-state index contributed by atoms with van der Waals surface area (Å²) in [5.41, 5.74) is 1.62. The molecule has 2 fully saturated rings. The van der Waals surface area contributed by atoms with E-state index in [0.717, 1.165) is 31.4 Å². The first-order valence-electron chi connectivity index (χ1n) is 9.46. The summed E-state index contributed by atoms with van der Waals surface area (Å²) < 4.78 is 13.4. The quantitative estimate of drug-likeness (QED) is 0.764. The SMILES string of the molecule is O=C(Nc1ccc(F)c(Cl)c1)N1C(c2ccccc2)CN[C@H]2CCCC[C@@H]21. The zero-order valence-electron chi connectivity index (χ0n) is 15.0. The predicted octanol–water partition coefficient (Wildman–Crippen LogP) is 4.97. The largest absolute Gasteiger partial charge is 0.322 e. The second kappa shape index (κ2) is 7.87. The Labute approximate surface area is 163 Å². The number of nitrogens with zero attached hydrogens (tertiary/aromatic N) is 1. The Kier molecular flexibility index (Phi) is 5.32. The van der Waals surface area contributed by atoms with Crippen molar-refractivity contribution in [2.24, 2.45) is 0 Å². The lowest BCUT2D eigenvalue weighted by atomic mass is 9.85. The normalized spacial score (nSPS) is 25.0. The van der Waals surface area contributed by atoms with Crippen LogP contribution in [0.2, 0.25) is 5.02 Å². The van der Waals surface area contributed by atoms with E-state index >= 15 is 0 Å². The van der Waals surface area contributed by atoms with E-state index in [4.69, 9.17) is 11.6 Å². The molecular weight excluding hydrogens is 365 g/mol. The lowest BCUT2D eigenvalue weighted by Crippen LogP contribution is -2.62. The van der Waals surface area contributed by atoms with Gasteiger partial charge >= 0.3 is 6.03 Å². The fraction of sp³-hybridized carbons (Fsp3) is 0.381. The minimum atomic E-state index is -0.494. The average Bonchev–Trinajstić information content (AvgIpc) is 2.70. The number of carbonyl (C=O) groups is 1. The topological polar surface area (TPSA) is 44.4 Å². The fourth-order valence-electron chi connectivity index (χ4n) is 4.28. The Hall–Kier alpha value is -2.11. The molecule has 3 atom stereocenters. The number of nitrogens with one attached hydrogen (secondary N) is 2. The van der Waals surface area contributed by atoms with Gasteiger partial charge in [0.1, 0.15) is 5.82 Å². The first kappa shape index (κ1) is 18.3. The maximum Gasteiger partial charge on any atom is 0.322 e. The van der Waals surface area contributed by atoms with E-state index in [1.54, 1.807) is 0 Å². The maximum absolute atomic E-state index is 13.4. The molecule has 1 saturated carbocycles. The summed E-state index contributed by atoms with van der Waals surface area (Å²) in [6.45, 7) is 0.725. The zero-order valence-corrected chi connectivity index (χ0v) is 15.8. The van der Waals surface area contributed by atoms with Crippen LogP contribution in [-0.2, 0) is 0 Å². The van der Waals surface area contributed by atoms with Crippen LogP contribution in [0, 0.1) is 5.82 Å². The van der Waals surface area contributed by atoms with E-state index in [9.17, 15) is 9.18 Å². The summed E-state index contributed by atoms with van der Waals surface area (Å²) in [4.78, 5) is 15.2. The van der Waals surface area contributed by atoms with Crippen molar-refractivity contribution in [3.05, 3.63) is 64.9 Å². The highest BCUT2D eigenvalue weighted by molar-refractivity contribution is 6.31. The molecule has 4 rings (SSSR count). The van der Waals surface area contributed by atoms with E-state index < -0.39 is 5.82 Å². The zero-order chi connectivity index (χ0) is 18.8. The molecule has 0 bridgehead atoms. The number of amides is 2. The molecule has 6 heteroatoms. The van der Waals surface area contributed by atoms with Gasteiger partial charge in [-0.15, -0.1) is 0 Å². The first-order valence-corrected chi connectivity index (χ1v) is 9.84. The fourth-order valence-corrected chi connectivity index (χ4v) is 4.46. The van der Waals surface area contributed by atoms with Crippen LogP contribution >= 0.6 is 11.6 Å². The molecule has 2 amide bonds. The van der Waals surface area contributed by atoms with E-state index in [0.29, 0.717) is 11.7 Å². The van der Waals surface area contributed by atoms with Gasteiger partial charge in [0.25, 0.3) is 0 Å². The summed E-state index contributed by atoms with van der Waals surface area (Å²) in [6, 6.07) is 14.6. The van der Waals surface area contributed by atoms with Crippen LogP contribution < -0.4 is 10.6 Å². The number of urea groups is 1. The van der Waals surface area contributed by atoms with Crippen LogP contribution in [0.4, 0.5) is 14.9 Å². The summed E-state index contributed by atoms with van der Waals surface area (Å²) in [6.07, 6.45) is 4.38. The smallest absolute Gasteiger partial charge is 0.312 e. The van der Waals surface area contributed by atoms with Gasteiger partial charge < -0.3 is 15.5 Å². The van der Waals surface area contributed by atoms with Gasteiger partial charge in [-0.1, -0.05) is 54.8 Å². The Balaban J connectivity index is 1.62. The minimum Gasteiger partial charge on any atom is -0.312 e. The van der Waals surface area contributed by atoms with Crippen molar-refractivity contribution < 1.29 is 9.18 Å². The predicted molar refractivity (Wildman–Crippen MR) is 105 cm³/mol. The van der Waals surface area contributed by atoms with Gasteiger partial charge in [-0.2, -0.15) is 0 Å². The van der Waals surface area contributed by atoms with Crippen molar-refractivity contribution in [2.45, 2.75) is 43.8 Å². The highest BCUT2D eigenvalue weighted by Crippen LogP contribution is 2.34. The molecule has 1 aliphatic heterocycles. The van der Waals surface area contributed by atoms with Gasteiger partial charge in [0.15, 0.2) is 0 Å². The van der Waals surface area contributed by atoms with Crippen LogP contribution in [0.15, 0.2) is 48.5 Å². The molecule has 0 spiro atoms. The maximum atomic E-state index is 13.4. The second-order valence-corrected chi connectivity index (χ2v) is 7.67. The van der Waals surface area contributed by atoms with Crippen LogP contribution in [0.1, 0.15) is 37.3 Å². The Morgan fingerprint density at radius 2 is 1.93 bits per heavy atom. The summed E-state index contributed by atoms with van der Waals surface area (Å²) >= 11 is 5.87. The Morgan fingerprint density at radius 3 is 2.70 bits per heavy atom. The molecule has 0 aromatic heterocycles. The summed E-state index contributed by atoms with van der Waals surface area (Å²) in [7, 11) is 0. The van der Waals surface area contributed by atoms with Crippen molar-refractivity contribution in [1.29, 1.82) is 0 Å². The molecular formula is C21H23ClFN3O. The third kappa shape index (κ3) is 3.80. The monoisotopic (exact) mass is 387 g/mol. The number of fused-ring (bicyclic) bond motifs is 1. The van der Waals surface area contributed by atoms with Crippen LogP contribution in [-0.4, -0.2) is 29.6 Å². The third-order valence-corrected chi connectivity index (χ3v) is 5.88. The van der Waals surface area contributed by atoms with Gasteiger partial charge in [-0.05, 0) is 36.6 Å². The van der Waals surface area contributed by atoms with Crippen LogP contribution in [0.25, 0.3) is 0 Å². The van der Waals surface area contributed by atoms with Crippen molar-refractivity contribution in [2.75, 3.05) is 11.9 Å². The standard InChI is InChI=1S/C21H23ClFN3O/c22-16-12-15(10-11-17(16)23)25-21(27)26-19-9-5-4-8-18(19)24-13-20(26)14-6-2-1-3-7-14/h1-3,6-7,10-12,18-20,24H,4-5,8-9,13H2,(H,25,27)/t18-,19-,20?/m0/s1. The molecule has 0 radical (unpaired) electrons. The summed E-state index contributed by atoms with van der Waals surface area (Å²) in [5.74, 6) is -0.494. The molecule has 1 heterocycles. The van der Waals surface area contributed by atoms with E-state index in [1.807, 2.05) is 23.1 Å². The van der Waals surface area contributed by atoms with E-state index in [1.165, 1.54) is 24.6 Å². The Morgan fingerprint density at radius 1 is 1.15 bits per heavy atom. The highest BCUT2D eigenvalue weighted by Gasteiger charge is 2.41. The number of anilines is 1. The first-order chi connectivity index (χ1) is 13.1. The van der Waals surface area contributed by atoms with E-state index in [-0.39, 0.29) is 23.1 Å². The molecule has 142 valence electrons. The molecule has 1 saturated heterocycles. The number of rotatable bonds is 2. The van der Waals surface area contributed by atoms with Gasteiger partial charge in [0, 0.05) is 24.3 Å². The number of piperazine rings is 1. The molecule has 2 N–H and O–H groups in total. The molecule has 2 aliphatic rings. The van der Waals surface area contributed by atoms with E-state index in [2.05, 4.69) is 22.8 Å². The second-order valence-electron chi connectivity index (χ2n) is 7.26. The van der Waals surface area contributed by atoms with Crippen molar-refractivity contribution in [1.82, 2.24) is 10.2 Å². The third-order valence-electron chi connectivity index (χ3n) is 5.59. The van der Waals surface area contributed by atoms with Gasteiger partial charge in [-0.3, -0.25) is 0 Å². The molecule has 1 unspecified atom stereocenters. The molecule has 2 aromatic rings. The Bertz CT molecular complexity index is 816. The minimum absolute atomic E-state index is 0.00302. The molecule has 2 aromatic carbocycles. The average molecular weight is 388 g/mol. The van der Waals surface area contributed by atoms with Gasteiger partial charge in [0.2, 0.25) is 0 Å². The molecule has 27 heavy (non-hydrogen) atoms.